The Labute approximate surface area is 150 Å². The lowest BCUT2D eigenvalue weighted by atomic mass is 10.0. The van der Waals surface area contributed by atoms with Crippen molar-refractivity contribution >= 4 is 0 Å². The Morgan fingerprint density at radius 2 is 1.84 bits per heavy atom. The Hall–Kier alpha value is -0.950. The van der Waals surface area contributed by atoms with Gasteiger partial charge in [0.15, 0.2) is 0 Å². The van der Waals surface area contributed by atoms with Gasteiger partial charge in [-0.05, 0) is 44.1 Å². The molecule has 0 unspecified atom stereocenters. The van der Waals surface area contributed by atoms with Crippen molar-refractivity contribution in [2.45, 2.75) is 50.7 Å². The highest BCUT2D eigenvalue weighted by atomic mass is 16.5. The van der Waals surface area contributed by atoms with Crippen molar-refractivity contribution in [1.29, 1.82) is 0 Å². The maximum Gasteiger partial charge on any atom is 0.0672 e. The van der Waals surface area contributed by atoms with E-state index in [1.54, 1.807) is 0 Å². The molecule has 0 spiro atoms. The first-order chi connectivity index (χ1) is 12.4. The SMILES string of the molecule is c1cc2n(n1)[C@H](CCOCC1CCOCC1)CN(C1CCOCC1)C2. The number of hydrogen-bond donors (Lipinski definition) is 0. The van der Waals surface area contributed by atoms with E-state index in [0.717, 1.165) is 84.8 Å². The maximum absolute atomic E-state index is 6.01. The van der Waals surface area contributed by atoms with E-state index < -0.39 is 0 Å². The van der Waals surface area contributed by atoms with Crippen LogP contribution < -0.4 is 0 Å². The summed E-state index contributed by atoms with van der Waals surface area (Å²) < 4.78 is 19.2. The molecule has 0 radical (unpaired) electrons. The maximum atomic E-state index is 6.01. The van der Waals surface area contributed by atoms with E-state index in [2.05, 4.69) is 20.7 Å². The fourth-order valence-electron chi connectivity index (χ4n) is 4.34. The van der Waals surface area contributed by atoms with Crippen LogP contribution in [0.15, 0.2) is 12.3 Å². The van der Waals surface area contributed by atoms with E-state index in [4.69, 9.17) is 14.2 Å². The molecule has 2 fully saturated rings. The Kier molecular flexibility index (Phi) is 6.02. The van der Waals surface area contributed by atoms with E-state index in [0.29, 0.717) is 18.0 Å². The summed E-state index contributed by atoms with van der Waals surface area (Å²) in [6, 6.07) is 3.25. The zero-order valence-electron chi connectivity index (χ0n) is 15.1. The molecule has 4 rings (SSSR count). The highest BCUT2D eigenvalue weighted by Crippen LogP contribution is 2.27. The van der Waals surface area contributed by atoms with Crippen molar-refractivity contribution in [3.05, 3.63) is 18.0 Å². The molecular weight excluding hydrogens is 318 g/mol. The summed E-state index contributed by atoms with van der Waals surface area (Å²) >= 11 is 0. The summed E-state index contributed by atoms with van der Waals surface area (Å²) in [5, 5.41) is 4.58. The van der Waals surface area contributed by atoms with Crippen LogP contribution in [0, 0.1) is 5.92 Å². The molecular formula is C19H31N3O3. The molecule has 0 aromatic carbocycles. The fourth-order valence-corrected chi connectivity index (χ4v) is 4.34. The Bertz CT molecular complexity index is 524. The monoisotopic (exact) mass is 349 g/mol. The second-order valence-corrected chi connectivity index (χ2v) is 7.61. The van der Waals surface area contributed by atoms with Crippen LogP contribution in [-0.2, 0) is 20.8 Å². The van der Waals surface area contributed by atoms with Gasteiger partial charge >= 0.3 is 0 Å². The zero-order chi connectivity index (χ0) is 16.9. The van der Waals surface area contributed by atoms with Gasteiger partial charge in [0.1, 0.15) is 0 Å². The molecule has 0 aliphatic carbocycles. The number of fused-ring (bicyclic) bond motifs is 1. The molecule has 6 nitrogen and oxygen atoms in total. The van der Waals surface area contributed by atoms with Gasteiger partial charge in [0.05, 0.1) is 11.7 Å². The first-order valence-electron chi connectivity index (χ1n) is 9.90. The lowest BCUT2D eigenvalue weighted by Gasteiger charge is -2.40. The van der Waals surface area contributed by atoms with Gasteiger partial charge < -0.3 is 14.2 Å². The third kappa shape index (κ3) is 4.42. The van der Waals surface area contributed by atoms with Gasteiger partial charge in [-0.15, -0.1) is 0 Å². The highest BCUT2D eigenvalue weighted by molar-refractivity contribution is 5.06. The molecule has 0 saturated carbocycles. The smallest absolute Gasteiger partial charge is 0.0672 e. The minimum absolute atomic E-state index is 0.427. The molecule has 140 valence electrons. The van der Waals surface area contributed by atoms with Crippen molar-refractivity contribution in [3.8, 4) is 0 Å². The predicted octanol–water partition coefficient (Wildman–Crippen LogP) is 2.25. The second kappa shape index (κ2) is 8.62. The molecule has 0 amide bonds. The third-order valence-corrected chi connectivity index (χ3v) is 5.91. The molecule has 0 bridgehead atoms. The van der Waals surface area contributed by atoms with Crippen LogP contribution in [0.3, 0.4) is 0 Å². The van der Waals surface area contributed by atoms with Crippen LogP contribution in [0.4, 0.5) is 0 Å². The first-order valence-corrected chi connectivity index (χ1v) is 9.90. The number of nitrogens with zero attached hydrogens (tertiary/aromatic N) is 3. The van der Waals surface area contributed by atoms with Crippen molar-refractivity contribution in [3.63, 3.8) is 0 Å². The molecule has 3 aliphatic rings. The van der Waals surface area contributed by atoms with Crippen molar-refractivity contribution in [1.82, 2.24) is 14.7 Å². The van der Waals surface area contributed by atoms with Gasteiger partial charge in [-0.2, -0.15) is 5.10 Å². The Morgan fingerprint density at radius 1 is 1.08 bits per heavy atom. The molecule has 25 heavy (non-hydrogen) atoms. The van der Waals surface area contributed by atoms with E-state index in [9.17, 15) is 0 Å². The zero-order valence-corrected chi connectivity index (χ0v) is 15.1. The van der Waals surface area contributed by atoms with Crippen LogP contribution in [0.2, 0.25) is 0 Å². The van der Waals surface area contributed by atoms with Gasteiger partial charge in [-0.3, -0.25) is 9.58 Å². The summed E-state index contributed by atoms with van der Waals surface area (Å²) in [6.07, 6.45) is 7.58. The van der Waals surface area contributed by atoms with Crippen LogP contribution in [0.1, 0.15) is 43.8 Å². The average molecular weight is 349 g/mol. The van der Waals surface area contributed by atoms with Crippen LogP contribution in [0.25, 0.3) is 0 Å². The Morgan fingerprint density at radius 3 is 2.64 bits per heavy atom. The van der Waals surface area contributed by atoms with E-state index in [-0.39, 0.29) is 0 Å². The first kappa shape index (κ1) is 17.5. The molecule has 4 heterocycles. The third-order valence-electron chi connectivity index (χ3n) is 5.91. The van der Waals surface area contributed by atoms with Gasteiger partial charge in [0, 0.05) is 65.0 Å². The molecule has 0 N–H and O–H groups in total. The topological polar surface area (TPSA) is 48.8 Å². The van der Waals surface area contributed by atoms with Crippen molar-refractivity contribution in [2.75, 3.05) is 46.2 Å². The van der Waals surface area contributed by atoms with E-state index in [1.807, 2.05) is 6.20 Å². The lowest BCUT2D eigenvalue weighted by Crippen LogP contribution is -2.46. The normalized spacial score (nSPS) is 26.6. The van der Waals surface area contributed by atoms with Crippen molar-refractivity contribution < 1.29 is 14.2 Å². The summed E-state index contributed by atoms with van der Waals surface area (Å²) in [5.41, 5.74) is 1.34. The predicted molar refractivity (Wildman–Crippen MR) is 94.5 cm³/mol. The molecule has 2 saturated heterocycles. The number of ether oxygens (including phenoxy) is 3. The lowest BCUT2D eigenvalue weighted by molar-refractivity contribution is 0.00358. The molecule has 3 aliphatic heterocycles. The fraction of sp³-hybridized carbons (Fsp3) is 0.842. The van der Waals surface area contributed by atoms with Gasteiger partial charge in [-0.25, -0.2) is 0 Å². The molecule has 1 aromatic rings. The van der Waals surface area contributed by atoms with Crippen molar-refractivity contribution in [2.24, 2.45) is 5.92 Å². The molecule has 1 atom stereocenters. The largest absolute Gasteiger partial charge is 0.381 e. The highest BCUT2D eigenvalue weighted by Gasteiger charge is 2.30. The van der Waals surface area contributed by atoms with Crippen LogP contribution in [-0.4, -0.2) is 66.9 Å². The number of aromatic nitrogens is 2. The summed E-state index contributed by atoms with van der Waals surface area (Å²) in [7, 11) is 0. The summed E-state index contributed by atoms with van der Waals surface area (Å²) in [5.74, 6) is 0.680. The molecule has 6 heteroatoms. The van der Waals surface area contributed by atoms with Gasteiger partial charge in [0.2, 0.25) is 0 Å². The van der Waals surface area contributed by atoms with Crippen LogP contribution >= 0.6 is 0 Å². The standard InChI is InChI=1S/C19H31N3O3/c1-7-20-22-18(1)13-21(17-4-10-24-11-5-17)14-19(22)6-12-25-15-16-2-8-23-9-3-16/h1,7,16-17,19H,2-6,8-15H2/t19-/m1/s1. The average Bonchev–Trinajstić information content (AvgIpc) is 3.15. The minimum atomic E-state index is 0.427. The van der Waals surface area contributed by atoms with Gasteiger partial charge in [-0.1, -0.05) is 0 Å². The quantitative estimate of drug-likeness (QED) is 0.737. The second-order valence-electron chi connectivity index (χ2n) is 7.61. The van der Waals surface area contributed by atoms with E-state index >= 15 is 0 Å². The van der Waals surface area contributed by atoms with Crippen LogP contribution in [0.5, 0.6) is 0 Å². The molecule has 1 aromatic heterocycles. The summed E-state index contributed by atoms with van der Waals surface area (Å²) in [6.45, 7) is 7.40. The number of hydrogen-bond acceptors (Lipinski definition) is 5. The Balaban J connectivity index is 1.29. The minimum Gasteiger partial charge on any atom is -0.381 e. The summed E-state index contributed by atoms with van der Waals surface area (Å²) in [4.78, 5) is 2.64. The van der Waals surface area contributed by atoms with Gasteiger partial charge in [0.25, 0.3) is 0 Å². The van der Waals surface area contributed by atoms with E-state index in [1.165, 1.54) is 5.69 Å². The number of rotatable bonds is 6.